The van der Waals surface area contributed by atoms with Crippen molar-refractivity contribution in [1.29, 1.82) is 0 Å². The van der Waals surface area contributed by atoms with E-state index in [0.29, 0.717) is 23.1 Å². The van der Waals surface area contributed by atoms with Crippen molar-refractivity contribution in [2.75, 3.05) is 45.5 Å². The number of anilines is 1. The van der Waals surface area contributed by atoms with E-state index in [2.05, 4.69) is 25.8 Å². The minimum Gasteiger partial charge on any atom is -0.504 e. The maximum atomic E-state index is 13.6. The number of phenolic OH excluding ortho intramolecular Hbond substituents is 2. The molecule has 4 saturated heterocycles. The second-order valence-corrected chi connectivity index (χ2v) is 17.7. The van der Waals surface area contributed by atoms with Crippen LogP contribution in [0.3, 0.4) is 0 Å². The number of hydrogen-bond donors (Lipinski definition) is 7. The van der Waals surface area contributed by atoms with Crippen LogP contribution in [0.5, 0.6) is 11.5 Å². The number of oxime groups is 1. The number of nitrogens with one attached hydrogen (secondary N) is 2. The van der Waals surface area contributed by atoms with E-state index in [9.17, 15) is 44.4 Å². The van der Waals surface area contributed by atoms with Crippen LogP contribution >= 0.6 is 34.7 Å². The third-order valence-electron chi connectivity index (χ3n) is 11.0. The van der Waals surface area contributed by atoms with Crippen molar-refractivity contribution in [1.82, 2.24) is 20.5 Å². The molecule has 5 aliphatic rings. The van der Waals surface area contributed by atoms with E-state index >= 15 is 0 Å². The smallest absolute Gasteiger partial charge is 0.352 e. The minimum atomic E-state index is -1.79. The lowest BCUT2D eigenvalue weighted by Gasteiger charge is -2.56. The summed E-state index contributed by atoms with van der Waals surface area (Å²) < 4.78 is 0.635. The van der Waals surface area contributed by atoms with Crippen LogP contribution in [0.2, 0.25) is 5.02 Å². The van der Waals surface area contributed by atoms with Crippen molar-refractivity contribution < 1.29 is 53.7 Å². The number of aromatic nitrogens is 1. The maximum absolute atomic E-state index is 13.6. The van der Waals surface area contributed by atoms with Crippen molar-refractivity contribution in [3.05, 3.63) is 45.1 Å². The molecule has 2 aromatic rings. The third-order valence-corrected chi connectivity index (χ3v) is 13.4. The first kappa shape index (κ1) is 40.7. The molecule has 3 amide bonds. The Morgan fingerprint density at radius 1 is 1.12 bits per heavy atom. The van der Waals surface area contributed by atoms with Gasteiger partial charge in [-0.1, -0.05) is 16.8 Å². The van der Waals surface area contributed by atoms with Crippen LogP contribution in [0.25, 0.3) is 0 Å². The summed E-state index contributed by atoms with van der Waals surface area (Å²) in [5.74, 6) is -5.48. The Hall–Kier alpha value is -4.92. The fraction of sp³-hybridized carbons (Fsp3) is 0.486. The number of nitrogens with zero attached hydrogens (tertiary/aromatic N) is 5. The van der Waals surface area contributed by atoms with Gasteiger partial charge >= 0.3 is 11.9 Å². The fourth-order valence-electron chi connectivity index (χ4n) is 7.50. The Morgan fingerprint density at radius 2 is 1.79 bits per heavy atom. The number of nitrogen functional groups attached to an aromatic ring is 1. The average Bonchev–Trinajstić information content (AvgIpc) is 3.58. The molecule has 7 rings (SSSR count). The lowest BCUT2D eigenvalue weighted by molar-refractivity contribution is -0.941. The monoisotopic (exact) mass is 833 g/mol. The standard InChI is InChI=1S/C35H41ClN8O10S2/c1-16-18(13-44-8-5-35(6-9-44,7-10-44)15-39-27(47)22(38-4)17-11-19(36)26(46)21(45)12-17)25(31(50)51)43-29(49)24(30(43)56-16)41-28(48)23(20-14-55-33(37)40-20)42-54-34(2,3)32(52)53/h11-12,14,16,24,30H,5-10,13,15H2,1-4H3,(H7-,37,38,39,40,41,42,45,46,47,48,50,51,52,53)/p+1/t16-,24+,30+,35?,44?/m0/s1. The third kappa shape index (κ3) is 7.61. The number of thiazole rings is 1. The quantitative estimate of drug-likeness (QED) is 0.0499. The van der Waals surface area contributed by atoms with Crippen LogP contribution < -0.4 is 16.4 Å². The summed E-state index contributed by atoms with van der Waals surface area (Å²) in [6.07, 6.45) is 2.32. The number of thioether (sulfide) groups is 1. The highest BCUT2D eigenvalue weighted by atomic mass is 35.5. The van der Waals surface area contributed by atoms with Crippen LogP contribution in [0.4, 0.5) is 5.13 Å². The first-order valence-corrected chi connectivity index (χ1v) is 19.8. The van der Waals surface area contributed by atoms with Gasteiger partial charge < -0.3 is 46.1 Å². The van der Waals surface area contributed by atoms with Gasteiger partial charge in [-0.3, -0.25) is 24.3 Å². The van der Waals surface area contributed by atoms with Gasteiger partial charge in [0.2, 0.25) is 5.60 Å². The number of aliphatic carboxylic acids is 2. The van der Waals surface area contributed by atoms with E-state index in [0.717, 1.165) is 50.2 Å². The molecule has 0 spiro atoms. The topological polar surface area (TPSA) is 266 Å². The molecule has 2 bridgehead atoms. The minimum absolute atomic E-state index is 0.0106. The SMILES string of the molecule is CN=C(C(=O)NCC12CC[N+](CC3=C(C(=O)O)N4C(=O)[C@@H](NC(=O)/C(=N\OC(C)(C)C(=O)O)c5csc(N)n5)[C@H]4S[C@H]3C)(CC1)CC2)c1cc(O)c(O)c(Cl)c1. The zero-order valence-electron chi connectivity index (χ0n) is 30.9. The number of carbonyl (C=O) groups excluding carboxylic acids is 3. The molecule has 8 N–H and O–H groups in total. The Balaban J connectivity index is 1.12. The number of carboxylic acids is 2. The highest BCUT2D eigenvalue weighted by Gasteiger charge is 2.58. The molecule has 0 unspecified atom stereocenters. The summed E-state index contributed by atoms with van der Waals surface area (Å²) in [4.78, 5) is 79.3. The second kappa shape index (κ2) is 15.2. The molecular weight excluding hydrogens is 792 g/mol. The molecule has 0 saturated carbocycles. The van der Waals surface area contributed by atoms with Gasteiger partial charge in [-0.2, -0.15) is 0 Å². The number of halogens is 1. The number of carboxylic acid groups (broad SMARTS) is 2. The fourth-order valence-corrected chi connectivity index (χ4v) is 9.70. The Labute approximate surface area is 334 Å². The number of amides is 3. The molecule has 21 heteroatoms. The van der Waals surface area contributed by atoms with Gasteiger partial charge in [-0.05, 0) is 32.9 Å². The Morgan fingerprint density at radius 3 is 2.34 bits per heavy atom. The normalized spacial score (nSPS) is 26.3. The summed E-state index contributed by atoms with van der Waals surface area (Å²) in [6.45, 7) is 7.39. The molecule has 300 valence electrons. The van der Waals surface area contributed by atoms with Crippen molar-refractivity contribution in [2.45, 2.75) is 62.3 Å². The van der Waals surface area contributed by atoms with Gasteiger partial charge in [-0.15, -0.1) is 23.1 Å². The number of benzene rings is 1. The Bertz CT molecular complexity index is 2050. The largest absolute Gasteiger partial charge is 0.504 e. The molecule has 6 heterocycles. The first-order chi connectivity index (χ1) is 26.3. The van der Waals surface area contributed by atoms with Crippen molar-refractivity contribution in [3.8, 4) is 11.5 Å². The molecule has 4 fully saturated rings. The molecule has 0 aliphatic carbocycles. The number of hydrogen-bond acceptors (Lipinski definition) is 14. The van der Waals surface area contributed by atoms with Crippen LogP contribution in [-0.4, -0.2) is 138 Å². The van der Waals surface area contributed by atoms with Crippen LogP contribution in [0.1, 0.15) is 51.3 Å². The second-order valence-electron chi connectivity index (χ2n) is 14.9. The first-order valence-electron chi connectivity index (χ1n) is 17.6. The summed E-state index contributed by atoms with van der Waals surface area (Å²) in [5.41, 5.74) is 4.25. The lowest BCUT2D eigenvalue weighted by atomic mass is 9.70. The number of rotatable bonds is 13. The zero-order valence-corrected chi connectivity index (χ0v) is 33.3. The van der Waals surface area contributed by atoms with E-state index in [4.69, 9.17) is 22.2 Å². The zero-order chi connectivity index (χ0) is 40.9. The summed E-state index contributed by atoms with van der Waals surface area (Å²) >= 11 is 8.38. The number of aromatic hydroxyl groups is 2. The van der Waals surface area contributed by atoms with Gasteiger partial charge in [0.15, 0.2) is 22.3 Å². The number of β-lactam (4-membered cyclic amide) rings is 1. The molecular formula is C35H42ClN8O10S2+. The van der Waals surface area contributed by atoms with E-state index in [-0.39, 0.29) is 43.5 Å². The van der Waals surface area contributed by atoms with Gasteiger partial charge in [0.25, 0.3) is 17.7 Å². The number of phenols is 2. The molecule has 3 atom stereocenters. The lowest BCUT2D eigenvalue weighted by Crippen LogP contribution is -2.72. The molecule has 1 aromatic heterocycles. The molecule has 0 radical (unpaired) electrons. The summed E-state index contributed by atoms with van der Waals surface area (Å²) in [7, 11) is 1.45. The van der Waals surface area contributed by atoms with Crippen LogP contribution in [0.15, 0.2) is 38.9 Å². The van der Waals surface area contributed by atoms with E-state index < -0.39 is 63.9 Å². The van der Waals surface area contributed by atoms with Crippen molar-refractivity contribution in [2.24, 2.45) is 15.6 Å². The van der Waals surface area contributed by atoms with Gasteiger partial charge in [0.05, 0.1) is 24.7 Å². The van der Waals surface area contributed by atoms with E-state index in [1.54, 1.807) is 0 Å². The highest BCUT2D eigenvalue weighted by molar-refractivity contribution is 8.00. The van der Waals surface area contributed by atoms with Crippen molar-refractivity contribution in [3.63, 3.8) is 0 Å². The predicted molar refractivity (Wildman–Crippen MR) is 206 cm³/mol. The highest BCUT2D eigenvalue weighted by Crippen LogP contribution is 2.48. The molecule has 1 aromatic carbocycles. The van der Waals surface area contributed by atoms with Crippen molar-refractivity contribution >= 4 is 80.9 Å². The molecule has 5 aliphatic heterocycles. The number of quaternary nitrogens is 1. The number of aliphatic imine (C=N–C) groups is 1. The number of nitrogens with two attached hydrogens (primary N) is 1. The van der Waals surface area contributed by atoms with E-state index in [1.807, 2.05) is 6.92 Å². The summed E-state index contributed by atoms with van der Waals surface area (Å²) in [6, 6.07) is 1.47. The maximum Gasteiger partial charge on any atom is 0.352 e. The Kier molecular flexibility index (Phi) is 11.1. The van der Waals surface area contributed by atoms with Crippen LogP contribution in [-0.2, 0) is 28.8 Å². The molecule has 18 nitrogen and oxygen atoms in total. The number of piperidine rings is 3. The average molecular weight is 834 g/mol. The number of fused-ring (bicyclic) bond motifs is 4. The van der Waals surface area contributed by atoms with Crippen LogP contribution in [0, 0.1) is 5.41 Å². The van der Waals surface area contributed by atoms with Gasteiger partial charge in [0.1, 0.15) is 35.1 Å². The number of carbonyl (C=O) groups is 5. The predicted octanol–water partition coefficient (Wildman–Crippen LogP) is 1.74. The summed E-state index contributed by atoms with van der Waals surface area (Å²) in [5, 5.41) is 49.5. The molecule has 56 heavy (non-hydrogen) atoms. The van der Waals surface area contributed by atoms with Gasteiger partial charge in [0, 0.05) is 60.0 Å². The van der Waals surface area contributed by atoms with Gasteiger partial charge in [-0.25, -0.2) is 14.6 Å². The van der Waals surface area contributed by atoms with E-state index in [1.165, 1.54) is 55.1 Å².